The van der Waals surface area contributed by atoms with Crippen LogP contribution in [0.2, 0.25) is 0 Å². The van der Waals surface area contributed by atoms with Gasteiger partial charge in [-0.3, -0.25) is 10.4 Å². The molecule has 0 aromatic carbocycles. The highest BCUT2D eigenvalue weighted by molar-refractivity contribution is 5.27. The van der Waals surface area contributed by atoms with Crippen LogP contribution >= 0.6 is 0 Å². The maximum atomic E-state index is 5.47. The first-order valence-corrected chi connectivity index (χ1v) is 4.29. The molecule has 1 fully saturated rings. The lowest BCUT2D eigenvalue weighted by Crippen LogP contribution is -2.45. The van der Waals surface area contributed by atoms with Crippen molar-refractivity contribution in [3.05, 3.63) is 23.5 Å². The van der Waals surface area contributed by atoms with E-state index in [4.69, 9.17) is 4.74 Å². The number of nitrogens with one attached hydrogen (secondary N) is 4. The van der Waals surface area contributed by atoms with E-state index < -0.39 is 0 Å². The van der Waals surface area contributed by atoms with Crippen LogP contribution in [0, 0.1) is 0 Å². The summed E-state index contributed by atoms with van der Waals surface area (Å²) in [5, 5.41) is 5.21. The quantitative estimate of drug-likeness (QED) is 0.365. The van der Waals surface area contributed by atoms with Gasteiger partial charge in [0.25, 0.3) is 0 Å². The second kappa shape index (κ2) is 2.46. The van der Waals surface area contributed by atoms with Gasteiger partial charge in [0.15, 0.2) is 11.6 Å². The van der Waals surface area contributed by atoms with Crippen molar-refractivity contribution in [1.82, 2.24) is 26.6 Å². The Morgan fingerprint density at radius 1 is 1.46 bits per heavy atom. The normalized spacial score (nSPS) is 24.6. The predicted octanol–water partition coefficient (Wildman–Crippen LogP) is -1.50. The summed E-state index contributed by atoms with van der Waals surface area (Å²) in [6, 6.07) is 0. The summed E-state index contributed by atoms with van der Waals surface area (Å²) in [6.45, 7) is 2.31. The molecule has 0 aliphatic carbocycles. The fourth-order valence-corrected chi connectivity index (χ4v) is 1.54. The maximum Gasteiger partial charge on any atom is 0.164 e. The van der Waals surface area contributed by atoms with Crippen molar-refractivity contribution in [2.24, 2.45) is 0 Å². The summed E-state index contributed by atoms with van der Waals surface area (Å²) in [4.78, 5) is 0. The minimum Gasteiger partial charge on any atom is -0.488 e. The van der Waals surface area contributed by atoms with Gasteiger partial charge in [0, 0.05) is 6.08 Å². The van der Waals surface area contributed by atoms with Gasteiger partial charge in [-0.05, 0) is 0 Å². The average Bonchev–Trinajstić information content (AvgIpc) is 2.61. The van der Waals surface area contributed by atoms with Crippen LogP contribution in [-0.2, 0) is 4.74 Å². The molecule has 0 amide bonds. The molecule has 0 atom stereocenters. The molecule has 0 saturated carbocycles. The number of allylic oxidation sites excluding steroid dienone is 1. The zero-order valence-electron chi connectivity index (χ0n) is 7.05. The highest BCUT2D eigenvalue weighted by atomic mass is 16.5. The lowest BCUT2D eigenvalue weighted by molar-refractivity contribution is 0.170. The van der Waals surface area contributed by atoms with Crippen LogP contribution in [0.5, 0.6) is 0 Å². The van der Waals surface area contributed by atoms with Gasteiger partial charge in [0.1, 0.15) is 19.1 Å². The smallest absolute Gasteiger partial charge is 0.164 e. The largest absolute Gasteiger partial charge is 0.488 e. The Morgan fingerprint density at radius 2 is 2.46 bits per heavy atom. The van der Waals surface area contributed by atoms with Crippen molar-refractivity contribution in [2.45, 2.75) is 0 Å². The third-order valence-electron chi connectivity index (χ3n) is 2.17. The maximum absolute atomic E-state index is 5.47. The lowest BCUT2D eigenvalue weighted by Gasteiger charge is -2.30. The molecule has 3 heterocycles. The Kier molecular flexibility index (Phi) is 1.31. The zero-order valence-corrected chi connectivity index (χ0v) is 7.05. The Labute approximate surface area is 75.5 Å². The molecule has 6 nitrogen and oxygen atoms in total. The first-order valence-electron chi connectivity index (χ1n) is 4.29. The highest BCUT2D eigenvalue weighted by Gasteiger charge is 2.25. The summed E-state index contributed by atoms with van der Waals surface area (Å²) < 4.78 is 5.47. The first kappa shape index (κ1) is 6.90. The molecule has 13 heavy (non-hydrogen) atoms. The van der Waals surface area contributed by atoms with E-state index in [0.29, 0.717) is 0 Å². The third-order valence-corrected chi connectivity index (χ3v) is 2.17. The van der Waals surface area contributed by atoms with Crippen molar-refractivity contribution in [1.29, 1.82) is 0 Å². The van der Waals surface area contributed by atoms with Gasteiger partial charge in [-0.2, -0.15) is 0 Å². The van der Waals surface area contributed by atoms with Crippen LogP contribution in [0.3, 0.4) is 0 Å². The molecule has 70 valence electrons. The Hall–Kier alpha value is -1.56. The predicted molar refractivity (Wildman–Crippen MR) is 45.2 cm³/mol. The number of rotatable bonds is 0. The Bertz CT molecular complexity index is 297. The van der Waals surface area contributed by atoms with E-state index >= 15 is 0 Å². The number of hydrazine groups is 2. The third kappa shape index (κ3) is 0.988. The molecule has 0 radical (unpaired) electrons. The minimum atomic E-state index is 0.720. The second-order valence-electron chi connectivity index (χ2n) is 3.04. The molecule has 0 aromatic heterocycles. The second-order valence-corrected chi connectivity index (χ2v) is 3.04. The molecule has 3 rings (SSSR count). The summed E-state index contributed by atoms with van der Waals surface area (Å²) in [5.41, 5.74) is 9.23. The van der Waals surface area contributed by atoms with E-state index in [9.17, 15) is 0 Å². The van der Waals surface area contributed by atoms with E-state index in [2.05, 4.69) is 21.6 Å². The molecule has 3 aliphatic rings. The van der Waals surface area contributed by atoms with Crippen LogP contribution in [0.15, 0.2) is 23.5 Å². The molecule has 1 saturated heterocycles. The molecule has 4 N–H and O–H groups in total. The molecule has 0 unspecified atom stereocenters. The van der Waals surface area contributed by atoms with Crippen molar-refractivity contribution in [2.75, 3.05) is 19.8 Å². The van der Waals surface area contributed by atoms with Crippen LogP contribution < -0.4 is 21.6 Å². The van der Waals surface area contributed by atoms with Gasteiger partial charge in [0.2, 0.25) is 0 Å². The number of hydrogen-bond donors (Lipinski definition) is 4. The molecule has 6 heteroatoms. The topological polar surface area (TPSA) is 60.6 Å². The number of ether oxygens (including phenoxy) is 1. The lowest BCUT2D eigenvalue weighted by atomic mass is 10.3. The van der Waals surface area contributed by atoms with Crippen LogP contribution in [0.4, 0.5) is 0 Å². The fourth-order valence-electron chi connectivity index (χ4n) is 1.54. The number of nitrogens with zero attached hydrogens (tertiary/aromatic N) is 1. The van der Waals surface area contributed by atoms with Gasteiger partial charge in [-0.15, -0.1) is 0 Å². The van der Waals surface area contributed by atoms with Crippen LogP contribution in [0.1, 0.15) is 0 Å². The molecule has 0 spiro atoms. The van der Waals surface area contributed by atoms with Gasteiger partial charge in [-0.25, -0.2) is 5.43 Å². The van der Waals surface area contributed by atoms with E-state index in [0.717, 1.165) is 37.2 Å². The summed E-state index contributed by atoms with van der Waals surface area (Å²) in [6.07, 6.45) is 1.97. The first-order chi connectivity index (χ1) is 6.43. The zero-order chi connectivity index (χ0) is 8.67. The van der Waals surface area contributed by atoms with Gasteiger partial charge in [-0.1, -0.05) is 0 Å². The Balaban J connectivity index is 1.93. The van der Waals surface area contributed by atoms with E-state index in [1.807, 2.05) is 11.1 Å². The molecule has 0 bridgehead atoms. The monoisotopic (exact) mass is 181 g/mol. The van der Waals surface area contributed by atoms with Crippen molar-refractivity contribution in [3.63, 3.8) is 0 Å². The summed E-state index contributed by atoms with van der Waals surface area (Å²) in [7, 11) is 0. The average molecular weight is 181 g/mol. The summed E-state index contributed by atoms with van der Waals surface area (Å²) >= 11 is 0. The number of fused-ring (bicyclic) bond motifs is 1. The molecular weight excluding hydrogens is 170 g/mol. The molecule has 0 aromatic rings. The number of hydrogen-bond acceptors (Lipinski definition) is 6. The van der Waals surface area contributed by atoms with Crippen molar-refractivity contribution >= 4 is 0 Å². The van der Waals surface area contributed by atoms with E-state index in [1.165, 1.54) is 0 Å². The molecular formula is C7H11N5O. The van der Waals surface area contributed by atoms with Crippen molar-refractivity contribution in [3.8, 4) is 0 Å². The van der Waals surface area contributed by atoms with Gasteiger partial charge in [0.05, 0.1) is 6.54 Å². The highest BCUT2D eigenvalue weighted by Crippen LogP contribution is 2.17. The Morgan fingerprint density at radius 3 is 3.46 bits per heavy atom. The standard InChI is InChI=1S/C7H11N5O/c1-2-13-5-3-6-10-9-4-12(6)11-7(5)8-1/h3,8-11H,1-2,4H2. The van der Waals surface area contributed by atoms with Crippen LogP contribution in [-0.4, -0.2) is 24.8 Å². The van der Waals surface area contributed by atoms with Gasteiger partial charge < -0.3 is 15.5 Å². The van der Waals surface area contributed by atoms with Gasteiger partial charge >= 0.3 is 0 Å². The van der Waals surface area contributed by atoms with Crippen molar-refractivity contribution < 1.29 is 4.74 Å². The van der Waals surface area contributed by atoms with Crippen LogP contribution in [0.25, 0.3) is 0 Å². The SMILES string of the molecule is C1=C2NNCN2NC2=C1OCCN2. The fraction of sp³-hybridized carbons (Fsp3) is 0.429. The van der Waals surface area contributed by atoms with E-state index in [1.54, 1.807) is 0 Å². The summed E-state index contributed by atoms with van der Waals surface area (Å²) in [5.74, 6) is 2.80. The van der Waals surface area contributed by atoms with E-state index in [-0.39, 0.29) is 0 Å². The minimum absolute atomic E-state index is 0.720. The molecule has 3 aliphatic heterocycles.